The molecule has 2 atom stereocenters. The number of nitrogens with zero attached hydrogens (tertiary/aromatic N) is 3. The lowest BCUT2D eigenvalue weighted by Crippen LogP contribution is -2.54. The molecule has 3 heterocycles. The molecule has 1 amide bonds. The lowest BCUT2D eigenvalue weighted by atomic mass is 9.85. The maximum atomic E-state index is 12.5. The van der Waals surface area contributed by atoms with E-state index in [0.29, 0.717) is 18.5 Å². The van der Waals surface area contributed by atoms with Crippen LogP contribution in [0.15, 0.2) is 24.5 Å². The Morgan fingerprint density at radius 2 is 2.08 bits per heavy atom. The normalized spacial score (nSPS) is 23.0. The van der Waals surface area contributed by atoms with E-state index in [-0.39, 0.29) is 30.7 Å². The highest BCUT2D eigenvalue weighted by Gasteiger charge is 2.32. The van der Waals surface area contributed by atoms with Crippen molar-refractivity contribution in [3.8, 4) is 0 Å². The van der Waals surface area contributed by atoms with E-state index in [4.69, 9.17) is 0 Å². The van der Waals surface area contributed by atoms with Gasteiger partial charge in [-0.2, -0.15) is 0 Å². The third-order valence-corrected chi connectivity index (χ3v) is 4.85. The zero-order valence-corrected chi connectivity index (χ0v) is 15.8. The summed E-state index contributed by atoms with van der Waals surface area (Å²) in [6.45, 7) is 4.25. The summed E-state index contributed by atoms with van der Waals surface area (Å²) >= 11 is 0. The zero-order valence-electron chi connectivity index (χ0n) is 14.2. The van der Waals surface area contributed by atoms with Crippen LogP contribution in [-0.2, 0) is 11.3 Å². The first-order valence-corrected chi connectivity index (χ1v) is 8.31. The molecule has 5 nitrogen and oxygen atoms in total. The van der Waals surface area contributed by atoms with Gasteiger partial charge in [0.1, 0.15) is 0 Å². The summed E-state index contributed by atoms with van der Waals surface area (Å²) in [7, 11) is 2.01. The number of hydrogen-bond acceptors (Lipinski definition) is 4. The smallest absolute Gasteiger partial charge is 0.236 e. The first-order chi connectivity index (χ1) is 10.7. The number of aromatic nitrogens is 1. The fourth-order valence-electron chi connectivity index (χ4n) is 3.66. The molecule has 1 N–H and O–H groups in total. The predicted molar refractivity (Wildman–Crippen MR) is 101 cm³/mol. The molecule has 2 fully saturated rings. The highest BCUT2D eigenvalue weighted by molar-refractivity contribution is 5.85. The van der Waals surface area contributed by atoms with Crippen LogP contribution in [0.5, 0.6) is 0 Å². The van der Waals surface area contributed by atoms with E-state index in [1.807, 2.05) is 19.2 Å². The van der Waals surface area contributed by atoms with Gasteiger partial charge in [0, 0.05) is 38.1 Å². The summed E-state index contributed by atoms with van der Waals surface area (Å²) in [5.41, 5.74) is 1.19. The molecule has 0 spiro atoms. The lowest BCUT2D eigenvalue weighted by molar-refractivity contribution is -0.134. The Kier molecular flexibility index (Phi) is 8.98. The van der Waals surface area contributed by atoms with Crippen LogP contribution in [0.1, 0.15) is 24.8 Å². The van der Waals surface area contributed by atoms with E-state index < -0.39 is 0 Å². The molecule has 24 heavy (non-hydrogen) atoms. The molecule has 2 saturated heterocycles. The highest BCUT2D eigenvalue weighted by atomic mass is 35.5. The summed E-state index contributed by atoms with van der Waals surface area (Å²) in [5, 5.41) is 3.60. The minimum absolute atomic E-state index is 0. The Hall–Kier alpha value is -0.880. The fraction of sp³-hybridized carbons (Fsp3) is 0.647. The average molecular weight is 375 g/mol. The molecular weight excluding hydrogens is 347 g/mol. The number of piperidine rings is 2. The third kappa shape index (κ3) is 5.59. The summed E-state index contributed by atoms with van der Waals surface area (Å²) < 4.78 is 0. The molecular formula is C17H28Cl2N4O. The second-order valence-corrected chi connectivity index (χ2v) is 6.62. The van der Waals surface area contributed by atoms with Crippen molar-refractivity contribution in [2.75, 3.05) is 33.2 Å². The topological polar surface area (TPSA) is 48.5 Å². The Balaban J connectivity index is 0.00000144. The maximum absolute atomic E-state index is 12.5. The molecule has 0 aromatic carbocycles. The van der Waals surface area contributed by atoms with Crippen LogP contribution >= 0.6 is 24.8 Å². The van der Waals surface area contributed by atoms with Gasteiger partial charge in [0.25, 0.3) is 0 Å². The molecule has 0 saturated carbocycles. The summed E-state index contributed by atoms with van der Waals surface area (Å²) in [6.07, 6.45) is 7.20. The van der Waals surface area contributed by atoms with Crippen LogP contribution < -0.4 is 5.32 Å². The van der Waals surface area contributed by atoms with Gasteiger partial charge in [0.15, 0.2) is 0 Å². The van der Waals surface area contributed by atoms with Crippen LogP contribution in [-0.4, -0.2) is 60.0 Å². The molecule has 0 aliphatic carbocycles. The van der Waals surface area contributed by atoms with Gasteiger partial charge in [0.2, 0.25) is 5.91 Å². The van der Waals surface area contributed by atoms with E-state index >= 15 is 0 Å². The fourth-order valence-corrected chi connectivity index (χ4v) is 3.66. The van der Waals surface area contributed by atoms with Gasteiger partial charge in [-0.15, -0.1) is 24.8 Å². The van der Waals surface area contributed by atoms with E-state index in [1.54, 1.807) is 12.4 Å². The van der Waals surface area contributed by atoms with E-state index in [2.05, 4.69) is 20.1 Å². The quantitative estimate of drug-likeness (QED) is 0.874. The standard InChI is InChI=1S/C17H26N4O.2ClH/c1-20(11-14-4-8-18-9-5-14)13-17(22)21-10-6-16-15(12-21)3-2-7-19-16;;/h4-5,8-9,15-16,19H,2-3,6-7,10-13H2,1H3;2*1H/t15-,16+;;/m1../s1. The van der Waals surface area contributed by atoms with Gasteiger partial charge in [-0.1, -0.05) is 0 Å². The Bertz CT molecular complexity index is 503. The van der Waals surface area contributed by atoms with Crippen LogP contribution in [0.3, 0.4) is 0 Å². The summed E-state index contributed by atoms with van der Waals surface area (Å²) in [6, 6.07) is 4.63. The second kappa shape index (κ2) is 10.2. The highest BCUT2D eigenvalue weighted by Crippen LogP contribution is 2.24. The van der Waals surface area contributed by atoms with Gasteiger partial charge >= 0.3 is 0 Å². The van der Waals surface area contributed by atoms with Crippen molar-refractivity contribution < 1.29 is 4.79 Å². The monoisotopic (exact) mass is 374 g/mol. The van der Waals surface area contributed by atoms with Gasteiger partial charge in [-0.05, 0) is 56.5 Å². The van der Waals surface area contributed by atoms with E-state index in [0.717, 1.165) is 32.6 Å². The van der Waals surface area contributed by atoms with Crippen molar-refractivity contribution in [2.24, 2.45) is 5.92 Å². The van der Waals surface area contributed by atoms with Crippen LogP contribution in [0, 0.1) is 5.92 Å². The molecule has 7 heteroatoms. The second-order valence-electron chi connectivity index (χ2n) is 6.62. The number of likely N-dealkylation sites (N-methyl/N-ethyl adjacent to an activating group) is 1. The molecule has 0 bridgehead atoms. The first kappa shape index (κ1) is 21.2. The van der Waals surface area contributed by atoms with Crippen molar-refractivity contribution in [2.45, 2.75) is 31.8 Å². The molecule has 1 aromatic heterocycles. The van der Waals surface area contributed by atoms with Crippen LogP contribution in [0.2, 0.25) is 0 Å². The van der Waals surface area contributed by atoms with Crippen molar-refractivity contribution in [3.05, 3.63) is 30.1 Å². The largest absolute Gasteiger partial charge is 0.341 e. The van der Waals surface area contributed by atoms with Gasteiger partial charge in [0.05, 0.1) is 6.54 Å². The number of halogens is 2. The molecule has 3 rings (SSSR count). The SMILES string of the molecule is CN(CC(=O)N1CC[C@@H]2NCCC[C@@H]2C1)Cc1ccncc1.Cl.Cl. The van der Waals surface area contributed by atoms with E-state index in [1.165, 1.54) is 18.4 Å². The molecule has 0 radical (unpaired) electrons. The Morgan fingerprint density at radius 3 is 2.83 bits per heavy atom. The lowest BCUT2D eigenvalue weighted by Gasteiger charge is -2.42. The van der Waals surface area contributed by atoms with Crippen molar-refractivity contribution in [1.29, 1.82) is 0 Å². The van der Waals surface area contributed by atoms with Gasteiger partial charge in [-0.25, -0.2) is 0 Å². The minimum Gasteiger partial charge on any atom is -0.341 e. The van der Waals surface area contributed by atoms with Crippen molar-refractivity contribution in [1.82, 2.24) is 20.1 Å². The summed E-state index contributed by atoms with van der Waals surface area (Å²) in [4.78, 5) is 20.7. The number of rotatable bonds is 4. The number of fused-ring (bicyclic) bond motifs is 1. The van der Waals surface area contributed by atoms with Crippen molar-refractivity contribution in [3.63, 3.8) is 0 Å². The average Bonchev–Trinajstić information content (AvgIpc) is 2.55. The number of carbonyl (C=O) groups excluding carboxylic acids is 1. The predicted octanol–water partition coefficient (Wildman–Crippen LogP) is 1.96. The zero-order chi connectivity index (χ0) is 15.4. The Labute approximate surface area is 157 Å². The molecule has 1 aromatic rings. The maximum Gasteiger partial charge on any atom is 0.236 e. The third-order valence-electron chi connectivity index (χ3n) is 4.85. The molecule has 0 unspecified atom stereocenters. The van der Waals surface area contributed by atoms with Crippen LogP contribution in [0.4, 0.5) is 0 Å². The minimum atomic E-state index is 0. The molecule has 2 aliphatic heterocycles. The number of carbonyl (C=O) groups is 1. The summed E-state index contributed by atoms with van der Waals surface area (Å²) in [5.74, 6) is 0.914. The Morgan fingerprint density at radius 1 is 1.33 bits per heavy atom. The first-order valence-electron chi connectivity index (χ1n) is 8.31. The van der Waals surface area contributed by atoms with Gasteiger partial charge in [-0.3, -0.25) is 14.7 Å². The number of amides is 1. The van der Waals surface area contributed by atoms with E-state index in [9.17, 15) is 4.79 Å². The molecule has 136 valence electrons. The number of hydrogen-bond donors (Lipinski definition) is 1. The van der Waals surface area contributed by atoms with Crippen molar-refractivity contribution >= 4 is 30.7 Å². The molecule has 2 aliphatic rings. The van der Waals surface area contributed by atoms with Crippen LogP contribution in [0.25, 0.3) is 0 Å². The number of likely N-dealkylation sites (tertiary alicyclic amines) is 1. The number of nitrogens with one attached hydrogen (secondary N) is 1. The number of pyridine rings is 1. The van der Waals surface area contributed by atoms with Gasteiger partial charge < -0.3 is 10.2 Å².